The number of halogens is 1. The van der Waals surface area contributed by atoms with Gasteiger partial charge in [-0.15, -0.1) is 0 Å². The van der Waals surface area contributed by atoms with Gasteiger partial charge in [-0.1, -0.05) is 48.5 Å². The zero-order valence-electron chi connectivity index (χ0n) is 9.73. The molecule has 3 aromatic rings. The Kier molecular flexibility index (Phi) is 3.03. The molecule has 0 aliphatic heterocycles. The third kappa shape index (κ3) is 2.12. The lowest BCUT2D eigenvalue weighted by Crippen LogP contribution is -1.80. The number of benzene rings is 2. The van der Waals surface area contributed by atoms with Crippen LogP contribution >= 0.6 is 15.9 Å². The van der Waals surface area contributed by atoms with Crippen molar-refractivity contribution in [3.05, 3.63) is 71.5 Å². The first-order valence-corrected chi connectivity index (χ1v) is 6.62. The van der Waals surface area contributed by atoms with Crippen molar-refractivity contribution in [1.82, 2.24) is 4.98 Å². The van der Waals surface area contributed by atoms with E-state index in [1.807, 2.05) is 18.5 Å². The van der Waals surface area contributed by atoms with Crippen LogP contribution < -0.4 is 0 Å². The SMILES string of the molecule is Brc1c[nH]cc1-c1cccc(-c2ccccc2)c1. The number of rotatable bonds is 2. The van der Waals surface area contributed by atoms with Crippen LogP contribution in [-0.4, -0.2) is 4.98 Å². The molecule has 1 heterocycles. The van der Waals surface area contributed by atoms with E-state index in [-0.39, 0.29) is 0 Å². The Morgan fingerprint density at radius 1 is 0.722 bits per heavy atom. The van der Waals surface area contributed by atoms with Crippen LogP contribution in [0.25, 0.3) is 22.3 Å². The van der Waals surface area contributed by atoms with Crippen molar-refractivity contribution in [1.29, 1.82) is 0 Å². The van der Waals surface area contributed by atoms with Crippen LogP contribution in [0, 0.1) is 0 Å². The number of hydrogen-bond acceptors (Lipinski definition) is 0. The number of aromatic amines is 1. The van der Waals surface area contributed by atoms with Crippen molar-refractivity contribution in [2.75, 3.05) is 0 Å². The Hall–Kier alpha value is -1.80. The number of hydrogen-bond donors (Lipinski definition) is 1. The molecule has 2 aromatic carbocycles. The molecule has 3 rings (SSSR count). The highest BCUT2D eigenvalue weighted by Crippen LogP contribution is 2.30. The first-order valence-electron chi connectivity index (χ1n) is 5.83. The van der Waals surface area contributed by atoms with E-state index < -0.39 is 0 Å². The van der Waals surface area contributed by atoms with Gasteiger partial charge in [0.2, 0.25) is 0 Å². The molecular weight excluding hydrogens is 286 g/mol. The maximum absolute atomic E-state index is 3.55. The zero-order valence-corrected chi connectivity index (χ0v) is 11.3. The number of aromatic nitrogens is 1. The lowest BCUT2D eigenvalue weighted by atomic mass is 10.0. The molecule has 0 bridgehead atoms. The standard InChI is InChI=1S/C16H12BrN/c17-16-11-18-10-15(16)14-8-4-7-13(9-14)12-5-2-1-3-6-12/h1-11,18H. The van der Waals surface area contributed by atoms with Crippen LogP contribution in [0.1, 0.15) is 0 Å². The first-order chi connectivity index (χ1) is 8.84. The molecule has 2 heteroatoms. The summed E-state index contributed by atoms with van der Waals surface area (Å²) in [6.45, 7) is 0. The minimum absolute atomic E-state index is 1.09. The van der Waals surface area contributed by atoms with E-state index in [9.17, 15) is 0 Å². The molecule has 88 valence electrons. The van der Waals surface area contributed by atoms with Gasteiger partial charge in [0, 0.05) is 22.4 Å². The minimum atomic E-state index is 1.09. The molecule has 0 aliphatic carbocycles. The van der Waals surface area contributed by atoms with Crippen molar-refractivity contribution in [2.45, 2.75) is 0 Å². The van der Waals surface area contributed by atoms with E-state index in [4.69, 9.17) is 0 Å². The predicted octanol–water partition coefficient (Wildman–Crippen LogP) is 5.11. The van der Waals surface area contributed by atoms with Crippen LogP contribution in [0.3, 0.4) is 0 Å². The summed E-state index contributed by atoms with van der Waals surface area (Å²) in [5.41, 5.74) is 4.88. The van der Waals surface area contributed by atoms with Gasteiger partial charge in [-0.2, -0.15) is 0 Å². The highest BCUT2D eigenvalue weighted by Gasteiger charge is 2.05. The third-order valence-corrected chi connectivity index (χ3v) is 3.63. The van der Waals surface area contributed by atoms with Gasteiger partial charge in [0.05, 0.1) is 0 Å². The maximum atomic E-state index is 3.55. The van der Waals surface area contributed by atoms with Crippen molar-refractivity contribution in [2.24, 2.45) is 0 Å². The molecule has 18 heavy (non-hydrogen) atoms. The molecule has 0 radical (unpaired) electrons. The van der Waals surface area contributed by atoms with Gasteiger partial charge < -0.3 is 4.98 Å². The Morgan fingerprint density at radius 2 is 1.44 bits per heavy atom. The molecule has 1 aromatic heterocycles. The molecule has 0 saturated carbocycles. The Bertz CT molecular complexity index is 656. The number of nitrogens with one attached hydrogen (secondary N) is 1. The lowest BCUT2D eigenvalue weighted by molar-refractivity contribution is 1.41. The second kappa shape index (κ2) is 4.83. The van der Waals surface area contributed by atoms with Gasteiger partial charge in [-0.3, -0.25) is 0 Å². The van der Waals surface area contributed by atoms with E-state index >= 15 is 0 Å². The molecular formula is C16H12BrN. The second-order valence-electron chi connectivity index (χ2n) is 4.16. The summed E-state index contributed by atoms with van der Waals surface area (Å²) >= 11 is 3.55. The topological polar surface area (TPSA) is 15.8 Å². The molecule has 0 fully saturated rings. The van der Waals surface area contributed by atoms with E-state index in [0.29, 0.717) is 0 Å². The number of H-pyrrole nitrogens is 1. The molecule has 0 aliphatic rings. The Labute approximate surface area is 115 Å². The van der Waals surface area contributed by atoms with E-state index in [2.05, 4.69) is 69.4 Å². The van der Waals surface area contributed by atoms with Crippen LogP contribution in [-0.2, 0) is 0 Å². The zero-order chi connectivity index (χ0) is 12.4. The van der Waals surface area contributed by atoms with Gasteiger partial charge in [0.15, 0.2) is 0 Å². The van der Waals surface area contributed by atoms with Crippen LogP contribution in [0.15, 0.2) is 71.5 Å². The lowest BCUT2D eigenvalue weighted by Gasteiger charge is -2.05. The Balaban J connectivity index is 2.08. The highest BCUT2D eigenvalue weighted by molar-refractivity contribution is 9.10. The minimum Gasteiger partial charge on any atom is -0.366 e. The molecule has 0 amide bonds. The summed E-state index contributed by atoms with van der Waals surface area (Å²) in [4.78, 5) is 3.11. The van der Waals surface area contributed by atoms with E-state index in [1.165, 1.54) is 22.3 Å². The summed E-state index contributed by atoms with van der Waals surface area (Å²) < 4.78 is 1.09. The molecule has 1 nitrogen and oxygen atoms in total. The summed E-state index contributed by atoms with van der Waals surface area (Å²) in [7, 11) is 0. The fourth-order valence-electron chi connectivity index (χ4n) is 2.06. The average Bonchev–Trinajstić information content (AvgIpc) is 2.86. The van der Waals surface area contributed by atoms with Crippen LogP contribution in [0.2, 0.25) is 0 Å². The van der Waals surface area contributed by atoms with Gasteiger partial charge in [-0.25, -0.2) is 0 Å². The summed E-state index contributed by atoms with van der Waals surface area (Å²) in [5.74, 6) is 0. The quantitative estimate of drug-likeness (QED) is 0.676. The van der Waals surface area contributed by atoms with Crippen molar-refractivity contribution >= 4 is 15.9 Å². The van der Waals surface area contributed by atoms with Crippen LogP contribution in [0.5, 0.6) is 0 Å². The monoisotopic (exact) mass is 297 g/mol. The predicted molar refractivity (Wildman–Crippen MR) is 79.4 cm³/mol. The smallest absolute Gasteiger partial charge is 0.0428 e. The van der Waals surface area contributed by atoms with E-state index in [0.717, 1.165) is 4.47 Å². The normalized spacial score (nSPS) is 10.5. The van der Waals surface area contributed by atoms with Gasteiger partial charge in [0.25, 0.3) is 0 Å². The second-order valence-corrected chi connectivity index (χ2v) is 5.02. The fraction of sp³-hybridized carbons (Fsp3) is 0. The summed E-state index contributed by atoms with van der Waals surface area (Å²) in [6, 6.07) is 19.0. The fourth-order valence-corrected chi connectivity index (χ4v) is 2.54. The largest absolute Gasteiger partial charge is 0.366 e. The van der Waals surface area contributed by atoms with E-state index in [1.54, 1.807) is 0 Å². The molecule has 0 unspecified atom stereocenters. The summed E-state index contributed by atoms with van der Waals surface area (Å²) in [5, 5.41) is 0. The highest BCUT2D eigenvalue weighted by atomic mass is 79.9. The first kappa shape index (κ1) is 11.3. The molecule has 1 N–H and O–H groups in total. The van der Waals surface area contributed by atoms with Crippen LogP contribution in [0.4, 0.5) is 0 Å². The van der Waals surface area contributed by atoms with Crippen molar-refractivity contribution in [3.8, 4) is 22.3 Å². The molecule has 0 saturated heterocycles. The molecule has 0 atom stereocenters. The third-order valence-electron chi connectivity index (χ3n) is 2.98. The van der Waals surface area contributed by atoms with Gasteiger partial charge in [0.1, 0.15) is 0 Å². The van der Waals surface area contributed by atoms with Gasteiger partial charge in [-0.05, 0) is 38.7 Å². The van der Waals surface area contributed by atoms with Crippen molar-refractivity contribution in [3.63, 3.8) is 0 Å². The van der Waals surface area contributed by atoms with Crippen molar-refractivity contribution < 1.29 is 0 Å². The molecule has 0 spiro atoms. The summed E-state index contributed by atoms with van der Waals surface area (Å²) in [6.07, 6.45) is 3.96. The van der Waals surface area contributed by atoms with Gasteiger partial charge >= 0.3 is 0 Å². The maximum Gasteiger partial charge on any atom is 0.0428 e. The Morgan fingerprint density at radius 3 is 2.17 bits per heavy atom. The average molecular weight is 298 g/mol.